The van der Waals surface area contributed by atoms with Gasteiger partial charge in [-0.2, -0.15) is 0 Å². The van der Waals surface area contributed by atoms with E-state index in [2.05, 4.69) is 23.3 Å². The summed E-state index contributed by atoms with van der Waals surface area (Å²) in [5.41, 5.74) is 1.18. The minimum Gasteiger partial charge on any atom is -0.508 e. The van der Waals surface area contributed by atoms with Crippen molar-refractivity contribution < 1.29 is 5.11 Å². The summed E-state index contributed by atoms with van der Waals surface area (Å²) in [4.78, 5) is 2.36. The molecule has 1 aromatic carbocycles. The van der Waals surface area contributed by atoms with Gasteiger partial charge in [0.1, 0.15) is 5.75 Å². The van der Waals surface area contributed by atoms with Crippen LogP contribution in [0.25, 0.3) is 0 Å². The van der Waals surface area contributed by atoms with E-state index in [9.17, 15) is 5.11 Å². The molecule has 0 amide bonds. The maximum atomic E-state index is 9.51. The van der Waals surface area contributed by atoms with Crippen LogP contribution < -0.4 is 5.32 Å². The second kappa shape index (κ2) is 4.85. The first kappa shape index (κ1) is 11.4. The van der Waals surface area contributed by atoms with Crippen molar-refractivity contribution in [2.75, 3.05) is 27.2 Å². The van der Waals surface area contributed by atoms with E-state index >= 15 is 0 Å². The smallest absolute Gasteiger partial charge is 0.115 e. The monoisotopic (exact) mass is 220 g/mol. The van der Waals surface area contributed by atoms with E-state index in [1.54, 1.807) is 6.07 Å². The van der Waals surface area contributed by atoms with Crippen LogP contribution >= 0.6 is 0 Å². The Kier molecular flexibility index (Phi) is 3.46. The van der Waals surface area contributed by atoms with Crippen LogP contribution in [0.15, 0.2) is 24.3 Å². The maximum absolute atomic E-state index is 9.51. The fraction of sp³-hybridized carbons (Fsp3) is 0.538. The summed E-state index contributed by atoms with van der Waals surface area (Å²) in [6, 6.07) is 7.92. The summed E-state index contributed by atoms with van der Waals surface area (Å²) < 4.78 is 0. The zero-order chi connectivity index (χ0) is 11.5. The number of hydrogen-bond donors (Lipinski definition) is 2. The van der Waals surface area contributed by atoms with E-state index in [4.69, 9.17) is 0 Å². The second-order valence-electron chi connectivity index (χ2n) is 4.67. The summed E-state index contributed by atoms with van der Waals surface area (Å²) in [5.74, 6) is 0.987. The van der Waals surface area contributed by atoms with Crippen molar-refractivity contribution in [2.24, 2.45) is 5.92 Å². The fourth-order valence-electron chi connectivity index (χ4n) is 2.63. The highest BCUT2D eigenvalue weighted by Gasteiger charge is 2.27. The van der Waals surface area contributed by atoms with Gasteiger partial charge in [0.15, 0.2) is 0 Å². The van der Waals surface area contributed by atoms with Gasteiger partial charge >= 0.3 is 0 Å². The Bertz CT molecular complexity index is 354. The summed E-state index contributed by atoms with van der Waals surface area (Å²) in [5, 5.41) is 12.9. The average Bonchev–Trinajstić information content (AvgIpc) is 2.66. The number of phenolic OH excluding ortho intramolecular Hbond substituents is 1. The molecule has 0 spiro atoms. The first-order valence-electron chi connectivity index (χ1n) is 5.85. The Labute approximate surface area is 97.1 Å². The van der Waals surface area contributed by atoms with Crippen LogP contribution in [0.2, 0.25) is 0 Å². The van der Waals surface area contributed by atoms with E-state index < -0.39 is 0 Å². The van der Waals surface area contributed by atoms with Crippen molar-refractivity contribution in [2.45, 2.75) is 12.5 Å². The van der Waals surface area contributed by atoms with Crippen LogP contribution in [0.4, 0.5) is 0 Å². The molecule has 0 bridgehead atoms. The Hall–Kier alpha value is -1.06. The van der Waals surface area contributed by atoms with Crippen molar-refractivity contribution in [1.82, 2.24) is 10.2 Å². The minimum atomic E-state index is 0.344. The molecule has 16 heavy (non-hydrogen) atoms. The number of hydrogen-bond acceptors (Lipinski definition) is 3. The zero-order valence-corrected chi connectivity index (χ0v) is 9.98. The number of benzene rings is 1. The van der Waals surface area contributed by atoms with Crippen LogP contribution in [0.1, 0.15) is 18.0 Å². The molecule has 1 heterocycles. The zero-order valence-electron chi connectivity index (χ0n) is 9.98. The van der Waals surface area contributed by atoms with Crippen LogP contribution in [-0.4, -0.2) is 37.2 Å². The number of rotatable bonds is 3. The number of aromatic hydroxyl groups is 1. The number of nitrogens with zero attached hydrogens (tertiary/aromatic N) is 1. The lowest BCUT2D eigenvalue weighted by atomic mass is 9.92. The predicted molar refractivity (Wildman–Crippen MR) is 65.5 cm³/mol. The van der Waals surface area contributed by atoms with Crippen LogP contribution in [0, 0.1) is 5.92 Å². The molecular formula is C13H20N2O. The SMILES string of the molecule is CNC(c1cccc(O)c1)C1CCN(C)C1. The van der Waals surface area contributed by atoms with Crippen molar-refractivity contribution in [3.05, 3.63) is 29.8 Å². The first-order chi connectivity index (χ1) is 7.70. The van der Waals surface area contributed by atoms with Crippen molar-refractivity contribution >= 4 is 0 Å². The van der Waals surface area contributed by atoms with E-state index in [0.29, 0.717) is 17.7 Å². The Balaban J connectivity index is 2.16. The summed E-state index contributed by atoms with van der Waals surface area (Å²) in [6.07, 6.45) is 1.22. The van der Waals surface area contributed by atoms with Gasteiger partial charge in [0, 0.05) is 12.6 Å². The van der Waals surface area contributed by atoms with Crippen LogP contribution in [0.3, 0.4) is 0 Å². The van der Waals surface area contributed by atoms with Gasteiger partial charge in [-0.25, -0.2) is 0 Å². The molecule has 1 aromatic rings. The van der Waals surface area contributed by atoms with Crippen LogP contribution in [0.5, 0.6) is 5.75 Å². The predicted octanol–water partition coefficient (Wildman–Crippen LogP) is 1.60. The lowest BCUT2D eigenvalue weighted by molar-refractivity contribution is 0.350. The third kappa shape index (κ3) is 2.36. The van der Waals surface area contributed by atoms with Gasteiger partial charge in [-0.1, -0.05) is 12.1 Å². The molecule has 2 rings (SSSR count). The van der Waals surface area contributed by atoms with Gasteiger partial charge in [0.2, 0.25) is 0 Å². The molecule has 3 heteroatoms. The van der Waals surface area contributed by atoms with Gasteiger partial charge < -0.3 is 15.3 Å². The summed E-state index contributed by atoms with van der Waals surface area (Å²) in [6.45, 7) is 2.29. The van der Waals surface area contributed by atoms with E-state index in [1.165, 1.54) is 18.5 Å². The third-order valence-corrected chi connectivity index (χ3v) is 3.44. The molecule has 88 valence electrons. The Morgan fingerprint density at radius 1 is 1.50 bits per heavy atom. The molecule has 0 aliphatic carbocycles. The molecule has 1 saturated heterocycles. The minimum absolute atomic E-state index is 0.344. The Morgan fingerprint density at radius 2 is 2.31 bits per heavy atom. The molecule has 2 unspecified atom stereocenters. The normalized spacial score (nSPS) is 23.5. The topological polar surface area (TPSA) is 35.5 Å². The molecule has 1 aliphatic heterocycles. The van der Waals surface area contributed by atoms with Gasteiger partial charge in [0.25, 0.3) is 0 Å². The highest BCUT2D eigenvalue weighted by molar-refractivity contribution is 5.30. The van der Waals surface area contributed by atoms with E-state index in [1.807, 2.05) is 19.2 Å². The van der Waals surface area contributed by atoms with Crippen molar-refractivity contribution in [3.8, 4) is 5.75 Å². The van der Waals surface area contributed by atoms with Gasteiger partial charge in [0.05, 0.1) is 0 Å². The molecular weight excluding hydrogens is 200 g/mol. The highest BCUT2D eigenvalue weighted by Crippen LogP contribution is 2.30. The quantitative estimate of drug-likeness (QED) is 0.812. The molecule has 3 nitrogen and oxygen atoms in total. The van der Waals surface area contributed by atoms with E-state index in [-0.39, 0.29) is 0 Å². The molecule has 2 N–H and O–H groups in total. The Morgan fingerprint density at radius 3 is 2.88 bits per heavy atom. The lowest BCUT2D eigenvalue weighted by Gasteiger charge is -2.23. The second-order valence-corrected chi connectivity index (χ2v) is 4.67. The summed E-state index contributed by atoms with van der Waals surface area (Å²) in [7, 11) is 4.15. The average molecular weight is 220 g/mol. The lowest BCUT2D eigenvalue weighted by Crippen LogP contribution is -2.27. The van der Waals surface area contributed by atoms with E-state index in [0.717, 1.165) is 6.54 Å². The standard InChI is InChI=1S/C13H20N2O/c1-14-13(11-6-7-15(2)9-11)10-4-3-5-12(16)8-10/h3-5,8,11,13-14,16H,6-7,9H2,1-2H3. The van der Waals surface area contributed by atoms with Gasteiger partial charge in [-0.3, -0.25) is 0 Å². The van der Waals surface area contributed by atoms with Gasteiger partial charge in [-0.05, 0) is 50.7 Å². The molecule has 0 aromatic heterocycles. The number of phenols is 1. The number of likely N-dealkylation sites (tertiary alicyclic amines) is 1. The fourth-order valence-corrected chi connectivity index (χ4v) is 2.63. The molecule has 2 atom stereocenters. The van der Waals surface area contributed by atoms with Gasteiger partial charge in [-0.15, -0.1) is 0 Å². The van der Waals surface area contributed by atoms with Crippen molar-refractivity contribution in [1.29, 1.82) is 0 Å². The van der Waals surface area contributed by atoms with Crippen molar-refractivity contribution in [3.63, 3.8) is 0 Å². The highest BCUT2D eigenvalue weighted by atomic mass is 16.3. The molecule has 0 saturated carbocycles. The first-order valence-corrected chi connectivity index (χ1v) is 5.85. The molecule has 1 aliphatic rings. The number of nitrogens with one attached hydrogen (secondary N) is 1. The largest absolute Gasteiger partial charge is 0.508 e. The maximum Gasteiger partial charge on any atom is 0.115 e. The van der Waals surface area contributed by atoms with Crippen LogP contribution in [-0.2, 0) is 0 Å². The summed E-state index contributed by atoms with van der Waals surface area (Å²) >= 11 is 0. The third-order valence-electron chi connectivity index (χ3n) is 3.44. The molecule has 1 fully saturated rings. The molecule has 0 radical (unpaired) electrons.